The Kier molecular flexibility index (Phi) is 2.06. The summed E-state index contributed by atoms with van der Waals surface area (Å²) in [5, 5.41) is 0. The molecule has 16 heavy (non-hydrogen) atoms. The second-order valence-electron chi connectivity index (χ2n) is 4.88. The van der Waals surface area contributed by atoms with Crippen LogP contribution in [0.5, 0.6) is 0 Å². The average molecular weight is 209 g/mol. The summed E-state index contributed by atoms with van der Waals surface area (Å²) in [6.07, 6.45) is 6.38. The highest BCUT2D eigenvalue weighted by Gasteiger charge is 2.38. The van der Waals surface area contributed by atoms with Crippen molar-refractivity contribution < 1.29 is 0 Å². The first-order valence-electron chi connectivity index (χ1n) is 5.79. The molecule has 1 aromatic heterocycles. The molecule has 2 aromatic rings. The van der Waals surface area contributed by atoms with Crippen molar-refractivity contribution in [2.24, 2.45) is 0 Å². The summed E-state index contributed by atoms with van der Waals surface area (Å²) in [7, 11) is 0. The summed E-state index contributed by atoms with van der Waals surface area (Å²) in [6.45, 7) is 2.34. The third kappa shape index (κ3) is 1.63. The normalized spacial score (nSPS) is 17.1. The zero-order valence-electron chi connectivity index (χ0n) is 9.48. The molecule has 0 unspecified atom stereocenters. The van der Waals surface area contributed by atoms with Crippen molar-refractivity contribution in [1.29, 1.82) is 0 Å². The molecule has 1 fully saturated rings. The van der Waals surface area contributed by atoms with E-state index in [0.717, 1.165) is 0 Å². The van der Waals surface area contributed by atoms with Gasteiger partial charge in [0.1, 0.15) is 0 Å². The minimum Gasteiger partial charge on any atom is -0.264 e. The van der Waals surface area contributed by atoms with Gasteiger partial charge in [0.2, 0.25) is 0 Å². The van der Waals surface area contributed by atoms with E-state index in [0.29, 0.717) is 5.41 Å². The summed E-state index contributed by atoms with van der Waals surface area (Å²) in [6, 6.07) is 13.0. The lowest BCUT2D eigenvalue weighted by Crippen LogP contribution is -1.98. The molecule has 0 spiro atoms. The fraction of sp³-hybridized carbons (Fsp3) is 0.267. The number of hydrogen-bond donors (Lipinski definition) is 0. The van der Waals surface area contributed by atoms with Crippen LogP contribution < -0.4 is 0 Å². The Morgan fingerprint density at radius 3 is 2.31 bits per heavy atom. The zero-order valence-corrected chi connectivity index (χ0v) is 9.48. The smallest absolute Gasteiger partial charge is 0.0346 e. The summed E-state index contributed by atoms with van der Waals surface area (Å²) < 4.78 is 0. The van der Waals surface area contributed by atoms with Gasteiger partial charge in [0.15, 0.2) is 0 Å². The van der Waals surface area contributed by atoms with Gasteiger partial charge in [0.25, 0.3) is 0 Å². The molecule has 3 rings (SSSR count). The van der Waals surface area contributed by atoms with Crippen LogP contribution in [-0.2, 0) is 5.41 Å². The Balaban J connectivity index is 1.94. The fourth-order valence-corrected chi connectivity index (χ4v) is 2.07. The van der Waals surface area contributed by atoms with Gasteiger partial charge in [-0.05, 0) is 41.0 Å². The van der Waals surface area contributed by atoms with Gasteiger partial charge in [-0.2, -0.15) is 0 Å². The van der Waals surface area contributed by atoms with Gasteiger partial charge in [-0.25, -0.2) is 0 Å². The number of hydrogen-bond acceptors (Lipinski definition) is 1. The maximum atomic E-state index is 4.14. The molecule has 0 amide bonds. The van der Waals surface area contributed by atoms with E-state index in [1.54, 1.807) is 0 Å². The van der Waals surface area contributed by atoms with Crippen molar-refractivity contribution in [3.8, 4) is 11.1 Å². The lowest BCUT2D eigenvalue weighted by Gasteiger charge is -2.09. The van der Waals surface area contributed by atoms with E-state index >= 15 is 0 Å². The molecule has 0 bridgehead atoms. The number of aromatic nitrogens is 1. The van der Waals surface area contributed by atoms with Crippen LogP contribution in [0.3, 0.4) is 0 Å². The molecular formula is C15H15N. The first-order chi connectivity index (χ1) is 7.78. The zero-order chi connectivity index (χ0) is 11.0. The van der Waals surface area contributed by atoms with E-state index in [4.69, 9.17) is 0 Å². The van der Waals surface area contributed by atoms with Crippen molar-refractivity contribution in [1.82, 2.24) is 4.98 Å². The quantitative estimate of drug-likeness (QED) is 0.733. The Bertz CT molecular complexity index is 481. The minimum absolute atomic E-state index is 0.466. The molecule has 0 radical (unpaired) electrons. The third-order valence-corrected chi connectivity index (χ3v) is 3.58. The van der Waals surface area contributed by atoms with Gasteiger partial charge in [-0.3, -0.25) is 4.98 Å². The van der Waals surface area contributed by atoms with Gasteiger partial charge in [-0.15, -0.1) is 0 Å². The molecule has 0 saturated heterocycles. The van der Waals surface area contributed by atoms with Crippen LogP contribution in [0.25, 0.3) is 11.1 Å². The van der Waals surface area contributed by atoms with Crippen LogP contribution in [-0.4, -0.2) is 4.98 Å². The molecule has 80 valence electrons. The first kappa shape index (κ1) is 9.59. The van der Waals surface area contributed by atoms with Gasteiger partial charge < -0.3 is 0 Å². The molecule has 1 saturated carbocycles. The minimum atomic E-state index is 0.466. The van der Waals surface area contributed by atoms with E-state index in [-0.39, 0.29) is 0 Å². The SMILES string of the molecule is CC1(c2ccc(-c3cccnc3)cc2)CC1. The van der Waals surface area contributed by atoms with Crippen molar-refractivity contribution in [3.63, 3.8) is 0 Å². The maximum absolute atomic E-state index is 4.14. The van der Waals surface area contributed by atoms with Crippen LogP contribution in [0.1, 0.15) is 25.3 Å². The maximum Gasteiger partial charge on any atom is 0.0346 e. The number of nitrogens with zero attached hydrogens (tertiary/aromatic N) is 1. The Morgan fingerprint density at radius 2 is 1.75 bits per heavy atom. The van der Waals surface area contributed by atoms with E-state index in [1.807, 2.05) is 18.5 Å². The monoisotopic (exact) mass is 209 g/mol. The molecule has 1 heteroatoms. The lowest BCUT2D eigenvalue weighted by atomic mass is 9.96. The first-order valence-corrected chi connectivity index (χ1v) is 5.79. The molecule has 1 heterocycles. The molecule has 0 N–H and O–H groups in total. The van der Waals surface area contributed by atoms with Crippen LogP contribution in [0, 0.1) is 0 Å². The standard InChI is InChI=1S/C15H15N/c1-15(8-9-15)14-6-4-12(5-7-14)13-3-2-10-16-11-13/h2-7,10-11H,8-9H2,1H3. The summed E-state index contributed by atoms with van der Waals surface area (Å²) in [5.74, 6) is 0. The summed E-state index contributed by atoms with van der Waals surface area (Å²) >= 11 is 0. The predicted octanol–water partition coefficient (Wildman–Crippen LogP) is 3.80. The average Bonchev–Trinajstić information content (AvgIpc) is 3.10. The largest absolute Gasteiger partial charge is 0.264 e. The lowest BCUT2D eigenvalue weighted by molar-refractivity contribution is 0.788. The number of benzene rings is 1. The second-order valence-corrected chi connectivity index (χ2v) is 4.88. The highest BCUT2D eigenvalue weighted by Crippen LogP contribution is 2.47. The van der Waals surface area contributed by atoms with E-state index in [9.17, 15) is 0 Å². The van der Waals surface area contributed by atoms with Crippen LogP contribution in [0.15, 0.2) is 48.8 Å². The Morgan fingerprint density at radius 1 is 1.00 bits per heavy atom. The second kappa shape index (κ2) is 3.44. The van der Waals surface area contributed by atoms with Gasteiger partial charge in [0, 0.05) is 12.4 Å². The molecule has 0 aliphatic heterocycles. The summed E-state index contributed by atoms with van der Waals surface area (Å²) in [4.78, 5) is 4.14. The van der Waals surface area contributed by atoms with Gasteiger partial charge in [0.05, 0.1) is 0 Å². The van der Waals surface area contributed by atoms with Gasteiger partial charge >= 0.3 is 0 Å². The van der Waals surface area contributed by atoms with E-state index in [2.05, 4.69) is 42.2 Å². The van der Waals surface area contributed by atoms with E-state index in [1.165, 1.54) is 29.5 Å². The highest BCUT2D eigenvalue weighted by molar-refractivity contribution is 5.62. The Hall–Kier alpha value is -1.63. The van der Waals surface area contributed by atoms with Crippen molar-refractivity contribution in [3.05, 3.63) is 54.4 Å². The molecule has 1 aliphatic carbocycles. The number of rotatable bonds is 2. The van der Waals surface area contributed by atoms with Crippen molar-refractivity contribution in [2.45, 2.75) is 25.2 Å². The molecule has 1 aromatic carbocycles. The molecule has 0 atom stereocenters. The fourth-order valence-electron chi connectivity index (χ4n) is 2.07. The van der Waals surface area contributed by atoms with Crippen molar-refractivity contribution >= 4 is 0 Å². The van der Waals surface area contributed by atoms with Crippen LogP contribution in [0.4, 0.5) is 0 Å². The molecule has 1 nitrogen and oxygen atoms in total. The summed E-state index contributed by atoms with van der Waals surface area (Å²) in [5.41, 5.74) is 4.38. The van der Waals surface area contributed by atoms with E-state index < -0.39 is 0 Å². The van der Waals surface area contributed by atoms with Crippen molar-refractivity contribution in [2.75, 3.05) is 0 Å². The highest BCUT2D eigenvalue weighted by atomic mass is 14.6. The van der Waals surface area contributed by atoms with Gasteiger partial charge in [-0.1, -0.05) is 37.3 Å². The Labute approximate surface area is 96.2 Å². The number of pyridine rings is 1. The predicted molar refractivity (Wildman–Crippen MR) is 66.3 cm³/mol. The van der Waals surface area contributed by atoms with Crippen LogP contribution in [0.2, 0.25) is 0 Å². The molecular weight excluding hydrogens is 194 g/mol. The molecule has 1 aliphatic rings. The topological polar surface area (TPSA) is 12.9 Å². The third-order valence-electron chi connectivity index (χ3n) is 3.58. The van der Waals surface area contributed by atoms with Crippen LogP contribution >= 0.6 is 0 Å².